The fourth-order valence-electron chi connectivity index (χ4n) is 5.90. The first-order chi connectivity index (χ1) is 19.8. The van der Waals surface area contributed by atoms with Crippen LogP contribution in [-0.4, -0.2) is 79.6 Å². The van der Waals surface area contributed by atoms with E-state index in [1.165, 1.54) is 17.4 Å². The maximum Gasteiger partial charge on any atom is 0.211 e. The number of hydrogen-bond acceptors (Lipinski definition) is 6. The van der Waals surface area contributed by atoms with Crippen LogP contribution in [0.25, 0.3) is 11.3 Å². The van der Waals surface area contributed by atoms with E-state index in [0.717, 1.165) is 99.0 Å². The Kier molecular flexibility index (Phi) is 8.50. The van der Waals surface area contributed by atoms with E-state index in [2.05, 4.69) is 44.9 Å². The summed E-state index contributed by atoms with van der Waals surface area (Å²) in [6.45, 7) is 7.93. The number of aromatic nitrogens is 2. The zero-order chi connectivity index (χ0) is 28.4. The van der Waals surface area contributed by atoms with Crippen LogP contribution in [0.2, 0.25) is 5.02 Å². The number of rotatable bonds is 6. The monoisotopic (exact) mass is 593 g/mol. The number of nitrogens with one attached hydrogen (secondary N) is 1. The van der Waals surface area contributed by atoms with Crippen molar-refractivity contribution in [2.45, 2.75) is 38.9 Å². The van der Waals surface area contributed by atoms with Crippen LogP contribution in [0.4, 0.5) is 0 Å². The van der Waals surface area contributed by atoms with Crippen molar-refractivity contribution in [1.29, 1.82) is 0 Å². The molecule has 216 valence electrons. The molecule has 3 aliphatic heterocycles. The second kappa shape index (κ2) is 12.3. The number of hydrogen-bond donors (Lipinski definition) is 1. The topological polar surface area (TPSA) is 79.7 Å². The summed E-state index contributed by atoms with van der Waals surface area (Å²) in [6, 6.07) is 12.2. The Morgan fingerprint density at radius 1 is 1.02 bits per heavy atom. The molecule has 0 atom stereocenters. The van der Waals surface area contributed by atoms with Gasteiger partial charge < -0.3 is 10.1 Å². The first-order valence-corrected chi connectivity index (χ1v) is 16.6. The molecule has 10 heteroatoms. The summed E-state index contributed by atoms with van der Waals surface area (Å²) in [4.78, 5) is 2.43. The molecule has 0 aliphatic carbocycles. The fraction of sp³-hybridized carbons (Fsp3) is 0.452. The molecule has 0 unspecified atom stereocenters. The van der Waals surface area contributed by atoms with Crippen LogP contribution in [0.15, 0.2) is 36.4 Å². The molecule has 0 radical (unpaired) electrons. The number of ether oxygens (including phenoxy) is 1. The molecule has 0 amide bonds. The summed E-state index contributed by atoms with van der Waals surface area (Å²) in [5.41, 5.74) is 8.15. The van der Waals surface area contributed by atoms with Gasteiger partial charge in [0.1, 0.15) is 0 Å². The van der Waals surface area contributed by atoms with Gasteiger partial charge in [0.2, 0.25) is 10.0 Å². The van der Waals surface area contributed by atoms with Crippen LogP contribution in [0, 0.1) is 11.8 Å². The van der Waals surface area contributed by atoms with Gasteiger partial charge in [-0.3, -0.25) is 9.58 Å². The van der Waals surface area contributed by atoms with Gasteiger partial charge in [-0.25, -0.2) is 8.42 Å². The lowest BCUT2D eigenvalue weighted by molar-refractivity contribution is 0.0368. The first kappa shape index (κ1) is 28.4. The fourth-order valence-corrected chi connectivity index (χ4v) is 6.85. The van der Waals surface area contributed by atoms with Crippen molar-refractivity contribution >= 4 is 21.6 Å². The van der Waals surface area contributed by atoms with Gasteiger partial charge in [0.05, 0.1) is 30.2 Å². The maximum absolute atomic E-state index is 12.4. The Labute approximate surface area is 247 Å². The number of nitrogens with zero attached hydrogens (tertiary/aromatic N) is 4. The summed E-state index contributed by atoms with van der Waals surface area (Å²) in [5, 5.41) is 9.05. The zero-order valence-corrected chi connectivity index (χ0v) is 25.0. The molecule has 8 nitrogen and oxygen atoms in total. The molecule has 1 aromatic heterocycles. The van der Waals surface area contributed by atoms with E-state index < -0.39 is 10.0 Å². The Balaban J connectivity index is 1.29. The number of halogens is 1. The molecular formula is C31H36ClN5O3S. The molecule has 0 saturated carbocycles. The van der Waals surface area contributed by atoms with Gasteiger partial charge in [-0.15, -0.1) is 0 Å². The molecule has 0 bridgehead atoms. The van der Waals surface area contributed by atoms with Crippen LogP contribution in [0.3, 0.4) is 0 Å². The third-order valence-electron chi connectivity index (χ3n) is 8.19. The Morgan fingerprint density at radius 3 is 2.71 bits per heavy atom. The van der Waals surface area contributed by atoms with Crippen LogP contribution < -0.4 is 5.32 Å². The summed E-state index contributed by atoms with van der Waals surface area (Å²) >= 11 is 6.60. The molecule has 4 heterocycles. The molecule has 6 rings (SSSR count). The van der Waals surface area contributed by atoms with Crippen molar-refractivity contribution in [2.75, 3.05) is 52.2 Å². The van der Waals surface area contributed by atoms with Gasteiger partial charge in [-0.2, -0.15) is 9.40 Å². The van der Waals surface area contributed by atoms with Crippen LogP contribution in [-0.2, 0) is 47.2 Å². The van der Waals surface area contributed by atoms with Crippen LogP contribution in [0.1, 0.15) is 39.9 Å². The molecule has 3 aliphatic rings. The molecule has 3 aromatic rings. The highest BCUT2D eigenvalue weighted by Crippen LogP contribution is 2.33. The quantitative estimate of drug-likeness (QED) is 0.442. The lowest BCUT2D eigenvalue weighted by atomic mass is 9.98. The molecule has 1 N–H and O–H groups in total. The van der Waals surface area contributed by atoms with Crippen molar-refractivity contribution in [3.8, 4) is 23.1 Å². The number of aryl methyl sites for hydroxylation is 1. The van der Waals surface area contributed by atoms with Crippen molar-refractivity contribution in [3.05, 3.63) is 74.9 Å². The lowest BCUT2D eigenvalue weighted by Gasteiger charge is -2.27. The van der Waals surface area contributed by atoms with Gasteiger partial charge >= 0.3 is 0 Å². The number of fused-ring (bicyclic) bond motifs is 2. The Bertz CT molecular complexity index is 1600. The van der Waals surface area contributed by atoms with Gasteiger partial charge in [0, 0.05) is 80.2 Å². The third kappa shape index (κ3) is 6.54. The SMILES string of the molecule is CS(=O)(=O)N1CCc2c(c(-c3ccc(Cl)c(C#Cc4ccc5c(c4)CNCC5)c3)nn2CCCN2CCOCC2)C1. The predicted molar refractivity (Wildman–Crippen MR) is 161 cm³/mol. The molecule has 1 fully saturated rings. The molecule has 0 spiro atoms. The van der Waals surface area contributed by atoms with E-state index in [4.69, 9.17) is 21.4 Å². The highest BCUT2D eigenvalue weighted by molar-refractivity contribution is 7.88. The maximum atomic E-state index is 12.4. The van der Waals surface area contributed by atoms with Crippen molar-refractivity contribution in [1.82, 2.24) is 24.3 Å². The second-order valence-corrected chi connectivity index (χ2v) is 13.4. The van der Waals surface area contributed by atoms with Gasteiger partial charge in [0.15, 0.2) is 0 Å². The minimum atomic E-state index is -3.32. The van der Waals surface area contributed by atoms with Crippen molar-refractivity contribution < 1.29 is 13.2 Å². The van der Waals surface area contributed by atoms with Gasteiger partial charge in [-0.05, 0) is 54.8 Å². The molecular weight excluding hydrogens is 558 g/mol. The largest absolute Gasteiger partial charge is 0.379 e. The standard InChI is InChI=1S/C31H36ClN5O3S/c1-41(38,39)36-14-10-30-28(22-36)31(34-37(30)13-2-12-35-15-17-40-18-16-35)26-7-8-29(32)25(20-26)6-4-23-3-5-24-9-11-33-21-27(24)19-23/h3,5,7-8,19-20,33H,2,9-18,21-22H2,1H3. The first-order valence-electron chi connectivity index (χ1n) is 14.3. The molecule has 41 heavy (non-hydrogen) atoms. The van der Waals surface area contributed by atoms with Crippen LogP contribution in [0.5, 0.6) is 0 Å². The van der Waals surface area contributed by atoms with E-state index in [1.807, 2.05) is 18.2 Å². The summed E-state index contributed by atoms with van der Waals surface area (Å²) in [7, 11) is -3.32. The molecule has 2 aromatic carbocycles. The third-order valence-corrected chi connectivity index (χ3v) is 9.77. The highest BCUT2D eigenvalue weighted by Gasteiger charge is 2.30. The van der Waals surface area contributed by atoms with E-state index in [9.17, 15) is 8.42 Å². The summed E-state index contributed by atoms with van der Waals surface area (Å²) in [5.74, 6) is 6.57. The predicted octanol–water partition coefficient (Wildman–Crippen LogP) is 3.29. The average molecular weight is 594 g/mol. The van der Waals surface area contributed by atoms with E-state index in [0.29, 0.717) is 24.5 Å². The van der Waals surface area contributed by atoms with Crippen molar-refractivity contribution in [2.24, 2.45) is 0 Å². The summed E-state index contributed by atoms with van der Waals surface area (Å²) < 4.78 is 34.0. The zero-order valence-electron chi connectivity index (χ0n) is 23.5. The number of sulfonamides is 1. The van der Waals surface area contributed by atoms with E-state index >= 15 is 0 Å². The second-order valence-electron chi connectivity index (χ2n) is 11.0. The smallest absolute Gasteiger partial charge is 0.211 e. The minimum Gasteiger partial charge on any atom is -0.379 e. The normalized spacial score (nSPS) is 17.9. The van der Waals surface area contributed by atoms with E-state index in [-0.39, 0.29) is 0 Å². The molecule has 1 saturated heterocycles. The number of morpholine rings is 1. The van der Waals surface area contributed by atoms with Crippen LogP contribution >= 0.6 is 11.6 Å². The average Bonchev–Trinajstić information content (AvgIpc) is 3.34. The minimum absolute atomic E-state index is 0.319. The van der Waals surface area contributed by atoms with Gasteiger partial charge in [-0.1, -0.05) is 35.6 Å². The summed E-state index contributed by atoms with van der Waals surface area (Å²) in [6.07, 6.45) is 3.92. The van der Waals surface area contributed by atoms with Gasteiger partial charge in [0.25, 0.3) is 0 Å². The lowest BCUT2D eigenvalue weighted by Crippen LogP contribution is -2.37. The Morgan fingerprint density at radius 2 is 1.88 bits per heavy atom. The Hall–Kier alpha value is -2.71. The number of benzene rings is 2. The highest BCUT2D eigenvalue weighted by atomic mass is 35.5. The van der Waals surface area contributed by atoms with Crippen molar-refractivity contribution in [3.63, 3.8) is 0 Å². The van der Waals surface area contributed by atoms with E-state index in [1.54, 1.807) is 4.31 Å².